The van der Waals surface area contributed by atoms with Crippen LogP contribution in [0.15, 0.2) is 48.5 Å². The Hall–Kier alpha value is -3.01. The molecule has 1 amide bonds. The van der Waals surface area contributed by atoms with Gasteiger partial charge in [-0.2, -0.15) is 0 Å². The summed E-state index contributed by atoms with van der Waals surface area (Å²) < 4.78 is 35.8. The quantitative estimate of drug-likeness (QED) is 0.193. The average molecular weight is 560 g/mol. The fourth-order valence-corrected chi connectivity index (χ4v) is 4.42. The molecular formula is C31H45NO8. The largest absolute Gasteiger partial charge is 0.487 e. The highest BCUT2D eigenvalue weighted by Gasteiger charge is 2.25. The van der Waals surface area contributed by atoms with Gasteiger partial charge in [-0.15, -0.1) is 0 Å². The van der Waals surface area contributed by atoms with Crippen molar-refractivity contribution in [3.05, 3.63) is 48.5 Å². The van der Waals surface area contributed by atoms with E-state index in [1.807, 2.05) is 48.5 Å². The maximum atomic E-state index is 12.5. The molecule has 1 heterocycles. The van der Waals surface area contributed by atoms with Gasteiger partial charge in [-0.3, -0.25) is 10.0 Å². The van der Waals surface area contributed by atoms with Crippen molar-refractivity contribution in [3.63, 3.8) is 0 Å². The van der Waals surface area contributed by atoms with E-state index < -0.39 is 18.1 Å². The molecule has 222 valence electrons. The number of hydrogen-bond acceptors (Lipinski definition) is 8. The van der Waals surface area contributed by atoms with Crippen molar-refractivity contribution in [2.75, 3.05) is 39.6 Å². The number of hydroxylamine groups is 1. The van der Waals surface area contributed by atoms with Gasteiger partial charge in [0.25, 0.3) is 5.91 Å². The van der Waals surface area contributed by atoms with Crippen LogP contribution in [0.25, 0.3) is 0 Å². The van der Waals surface area contributed by atoms with E-state index in [0.717, 1.165) is 19.3 Å². The molecule has 0 fully saturated rings. The molecule has 0 bridgehead atoms. The molecule has 0 radical (unpaired) electrons. The van der Waals surface area contributed by atoms with Gasteiger partial charge in [0.1, 0.15) is 38.6 Å². The van der Waals surface area contributed by atoms with Gasteiger partial charge < -0.3 is 28.4 Å². The van der Waals surface area contributed by atoms with Crippen molar-refractivity contribution in [1.82, 2.24) is 5.48 Å². The molecule has 2 aromatic carbocycles. The first-order valence-corrected chi connectivity index (χ1v) is 14.6. The average Bonchev–Trinajstić information content (AvgIpc) is 2.98. The van der Waals surface area contributed by atoms with Crippen LogP contribution < -0.4 is 24.4 Å². The minimum Gasteiger partial charge on any atom is -0.487 e. The fraction of sp³-hybridized carbons (Fsp3) is 0.581. The summed E-state index contributed by atoms with van der Waals surface area (Å²) in [5, 5.41) is 9.39. The molecule has 1 aliphatic rings. The third-order valence-electron chi connectivity index (χ3n) is 6.60. The zero-order chi connectivity index (χ0) is 28.3. The Balaban J connectivity index is 1.67. The summed E-state index contributed by atoms with van der Waals surface area (Å²) in [5.74, 6) is 1.70. The summed E-state index contributed by atoms with van der Waals surface area (Å²) in [4.78, 5) is 12.5. The lowest BCUT2D eigenvalue weighted by Crippen LogP contribution is -2.41. The second-order valence-electron chi connectivity index (χ2n) is 9.81. The normalized spacial score (nSPS) is 15.8. The summed E-state index contributed by atoms with van der Waals surface area (Å²) in [5.41, 5.74) is 1.76. The van der Waals surface area contributed by atoms with Crippen LogP contribution in [0.1, 0.15) is 64.7 Å². The number of hydrogen-bond donors (Lipinski definition) is 2. The Morgan fingerprint density at radius 3 is 1.75 bits per heavy atom. The highest BCUT2D eigenvalue weighted by Crippen LogP contribution is 2.29. The van der Waals surface area contributed by atoms with E-state index in [2.05, 4.69) is 6.92 Å². The molecule has 1 aliphatic heterocycles. The van der Waals surface area contributed by atoms with Gasteiger partial charge in [-0.25, -0.2) is 5.48 Å². The van der Waals surface area contributed by atoms with Crippen LogP contribution in [-0.4, -0.2) is 63.0 Å². The summed E-state index contributed by atoms with van der Waals surface area (Å²) in [7, 11) is 0. The Bertz CT molecular complexity index is 916. The molecule has 40 heavy (non-hydrogen) atoms. The first-order chi connectivity index (χ1) is 19.7. The van der Waals surface area contributed by atoms with Crippen LogP contribution >= 0.6 is 0 Å². The number of carbonyl (C=O) groups is 1. The summed E-state index contributed by atoms with van der Waals surface area (Å²) in [6.45, 7) is 3.94. The zero-order valence-corrected chi connectivity index (χ0v) is 23.7. The smallest absolute Gasteiger partial charge is 0.272 e. The minimum absolute atomic E-state index is 0.104. The van der Waals surface area contributed by atoms with Gasteiger partial charge in [0.2, 0.25) is 0 Å². The fourth-order valence-electron chi connectivity index (χ4n) is 4.42. The molecule has 0 saturated carbocycles. The monoisotopic (exact) mass is 559 g/mol. The highest BCUT2D eigenvalue weighted by atomic mass is 16.6. The standard InChI is InChI=1S/C31H45NO8/c1-2-3-4-5-6-7-8-9-18-30(31(33)32-34)40-25-23-38-28-16-12-10-14-26(28)36-21-19-35-20-22-37-27-15-11-13-17-29(27)39-24-25/h10-17,25,30,34H,2-9,18-24H2,1H3,(H,32,33). The van der Waals surface area contributed by atoms with E-state index in [4.69, 9.17) is 28.4 Å². The molecule has 1 unspecified atom stereocenters. The number of unbranched alkanes of at least 4 members (excludes halogenated alkanes) is 7. The Labute approximate surface area is 238 Å². The summed E-state index contributed by atoms with van der Waals surface area (Å²) in [6.07, 6.45) is 8.17. The van der Waals surface area contributed by atoms with Gasteiger partial charge in [0.05, 0.1) is 13.2 Å². The van der Waals surface area contributed by atoms with Gasteiger partial charge in [0.15, 0.2) is 23.0 Å². The van der Waals surface area contributed by atoms with E-state index in [-0.39, 0.29) is 13.2 Å². The summed E-state index contributed by atoms with van der Waals surface area (Å²) in [6, 6.07) is 14.8. The number of nitrogens with one attached hydrogen (secondary N) is 1. The maximum Gasteiger partial charge on any atom is 0.272 e. The first-order valence-electron chi connectivity index (χ1n) is 14.6. The zero-order valence-electron chi connectivity index (χ0n) is 23.7. The van der Waals surface area contributed by atoms with Crippen molar-refractivity contribution in [1.29, 1.82) is 0 Å². The van der Waals surface area contributed by atoms with E-state index >= 15 is 0 Å². The molecule has 2 aromatic rings. The van der Waals surface area contributed by atoms with Crippen LogP contribution in [0.2, 0.25) is 0 Å². The number of fused-ring (bicyclic) bond motifs is 2. The molecule has 3 rings (SSSR count). The predicted molar refractivity (Wildman–Crippen MR) is 152 cm³/mol. The van der Waals surface area contributed by atoms with Crippen LogP contribution in [0.5, 0.6) is 23.0 Å². The Morgan fingerprint density at radius 2 is 1.25 bits per heavy atom. The lowest BCUT2D eigenvalue weighted by atomic mass is 10.1. The number of ether oxygens (including phenoxy) is 6. The molecule has 0 spiro atoms. The highest BCUT2D eigenvalue weighted by molar-refractivity contribution is 5.79. The molecule has 1 atom stereocenters. The lowest BCUT2D eigenvalue weighted by molar-refractivity contribution is -0.148. The molecule has 0 saturated heterocycles. The van der Waals surface area contributed by atoms with Gasteiger partial charge in [-0.05, 0) is 30.7 Å². The second kappa shape index (κ2) is 19.1. The van der Waals surface area contributed by atoms with Crippen LogP contribution in [0.4, 0.5) is 0 Å². The first kappa shape index (κ1) is 31.5. The van der Waals surface area contributed by atoms with E-state index in [1.54, 1.807) is 5.48 Å². The number of carbonyl (C=O) groups excluding carboxylic acids is 1. The summed E-state index contributed by atoms with van der Waals surface area (Å²) >= 11 is 0. The van der Waals surface area contributed by atoms with Gasteiger partial charge >= 0.3 is 0 Å². The second-order valence-corrected chi connectivity index (χ2v) is 9.81. The SMILES string of the molecule is CCCCCCCCCCC(OC1COc2ccccc2OCCOCCOc2ccccc2OC1)C(=O)NO. The van der Waals surface area contributed by atoms with Crippen LogP contribution in [-0.2, 0) is 14.3 Å². The van der Waals surface area contributed by atoms with E-state index in [0.29, 0.717) is 55.8 Å². The van der Waals surface area contributed by atoms with E-state index in [1.165, 1.54) is 32.1 Å². The molecule has 9 nitrogen and oxygen atoms in total. The Kier molecular flexibility index (Phi) is 15.1. The third kappa shape index (κ3) is 11.6. The topological polar surface area (TPSA) is 105 Å². The molecule has 0 aliphatic carbocycles. The predicted octanol–water partition coefficient (Wildman–Crippen LogP) is 5.72. The minimum atomic E-state index is -0.844. The number of benzene rings is 2. The third-order valence-corrected chi connectivity index (χ3v) is 6.60. The number of rotatable bonds is 12. The van der Waals surface area contributed by atoms with Crippen LogP contribution in [0.3, 0.4) is 0 Å². The molecular weight excluding hydrogens is 514 g/mol. The van der Waals surface area contributed by atoms with Crippen molar-refractivity contribution in [2.45, 2.75) is 76.9 Å². The molecule has 2 N–H and O–H groups in total. The van der Waals surface area contributed by atoms with Gasteiger partial charge in [0, 0.05) is 0 Å². The van der Waals surface area contributed by atoms with Crippen molar-refractivity contribution < 1.29 is 38.4 Å². The van der Waals surface area contributed by atoms with Crippen molar-refractivity contribution in [3.8, 4) is 23.0 Å². The van der Waals surface area contributed by atoms with Crippen LogP contribution in [0, 0.1) is 0 Å². The molecule has 0 aromatic heterocycles. The van der Waals surface area contributed by atoms with Gasteiger partial charge in [-0.1, -0.05) is 82.6 Å². The maximum absolute atomic E-state index is 12.5. The Morgan fingerprint density at radius 1 is 0.775 bits per heavy atom. The molecule has 9 heteroatoms. The number of amides is 1. The van der Waals surface area contributed by atoms with Crippen molar-refractivity contribution in [2.24, 2.45) is 0 Å². The number of para-hydroxylation sites is 4. The van der Waals surface area contributed by atoms with E-state index in [9.17, 15) is 10.0 Å². The van der Waals surface area contributed by atoms with Crippen molar-refractivity contribution >= 4 is 5.91 Å². The lowest BCUT2D eigenvalue weighted by Gasteiger charge is -2.25.